The van der Waals surface area contributed by atoms with Crippen molar-refractivity contribution in [1.29, 1.82) is 0 Å². The summed E-state index contributed by atoms with van der Waals surface area (Å²) in [6.07, 6.45) is 0.717. The van der Waals surface area contributed by atoms with Crippen LogP contribution >= 0.6 is 11.6 Å². The van der Waals surface area contributed by atoms with Crippen LogP contribution in [0.15, 0.2) is 36.4 Å². The summed E-state index contributed by atoms with van der Waals surface area (Å²) < 4.78 is 19.6. The van der Waals surface area contributed by atoms with Gasteiger partial charge in [-0.3, -0.25) is 4.79 Å². The molecule has 108 valence electrons. The number of carbonyl (C=O) groups is 1. The molecule has 0 saturated carbocycles. The summed E-state index contributed by atoms with van der Waals surface area (Å²) >= 11 is 5.95. The minimum Gasteiger partial charge on any atom is -0.487 e. The summed E-state index contributed by atoms with van der Waals surface area (Å²) in [4.78, 5) is 12.5. The molecule has 0 fully saturated rings. The van der Waals surface area contributed by atoms with E-state index in [-0.39, 0.29) is 16.2 Å². The molecule has 3 rings (SSSR count). The summed E-state index contributed by atoms with van der Waals surface area (Å²) in [7, 11) is 0. The Morgan fingerprint density at radius 3 is 2.76 bits per heavy atom. The highest BCUT2D eigenvalue weighted by molar-refractivity contribution is 6.35. The third-order valence-electron chi connectivity index (χ3n) is 3.51. The normalized spacial score (nSPS) is 15.4. The van der Waals surface area contributed by atoms with Crippen LogP contribution in [0.25, 0.3) is 0 Å². The van der Waals surface area contributed by atoms with Crippen molar-refractivity contribution in [3.05, 3.63) is 63.9 Å². The van der Waals surface area contributed by atoms with Crippen LogP contribution in [0.4, 0.5) is 4.39 Å². The lowest BCUT2D eigenvalue weighted by molar-refractivity contribution is 0.103. The van der Waals surface area contributed by atoms with Crippen LogP contribution < -0.4 is 4.74 Å². The maximum absolute atomic E-state index is 13.9. The zero-order chi connectivity index (χ0) is 15.2. The molecule has 1 aliphatic rings. The summed E-state index contributed by atoms with van der Waals surface area (Å²) in [5.74, 6) is -0.244. The fourth-order valence-electron chi connectivity index (χ4n) is 2.61. The van der Waals surface area contributed by atoms with Gasteiger partial charge in [0.25, 0.3) is 0 Å². The lowest BCUT2D eigenvalue weighted by Crippen LogP contribution is -2.24. The highest BCUT2D eigenvalue weighted by atomic mass is 35.5. The molecule has 0 N–H and O–H groups in total. The Hall–Kier alpha value is -1.87. The van der Waals surface area contributed by atoms with Crippen molar-refractivity contribution in [3.8, 4) is 5.75 Å². The maximum atomic E-state index is 13.9. The molecule has 0 spiro atoms. The second kappa shape index (κ2) is 4.85. The fourth-order valence-corrected chi connectivity index (χ4v) is 2.86. The molecule has 21 heavy (non-hydrogen) atoms. The number of hydrogen-bond acceptors (Lipinski definition) is 2. The van der Waals surface area contributed by atoms with Gasteiger partial charge in [-0.1, -0.05) is 17.7 Å². The Balaban J connectivity index is 2.01. The van der Waals surface area contributed by atoms with Gasteiger partial charge in [-0.05, 0) is 49.7 Å². The molecule has 2 nitrogen and oxygen atoms in total. The third kappa shape index (κ3) is 2.54. The van der Waals surface area contributed by atoms with Gasteiger partial charge in [0.2, 0.25) is 0 Å². The van der Waals surface area contributed by atoms with Gasteiger partial charge in [0.05, 0.1) is 10.6 Å². The molecule has 1 heterocycles. The van der Waals surface area contributed by atoms with E-state index in [1.807, 2.05) is 13.8 Å². The molecule has 0 amide bonds. The van der Waals surface area contributed by atoms with E-state index in [2.05, 4.69) is 0 Å². The summed E-state index contributed by atoms with van der Waals surface area (Å²) in [6, 6.07) is 9.39. The second-order valence-corrected chi connectivity index (χ2v) is 6.19. The number of hydrogen-bond donors (Lipinski definition) is 0. The zero-order valence-corrected chi connectivity index (χ0v) is 12.5. The molecule has 0 saturated heterocycles. The SMILES string of the molecule is CC1(C)Cc2cc(C(=O)c3c(F)cccc3Cl)ccc2O1. The number of carbonyl (C=O) groups excluding carboxylic acids is 1. The number of rotatable bonds is 2. The lowest BCUT2D eigenvalue weighted by atomic mass is 9.97. The van der Waals surface area contributed by atoms with Gasteiger partial charge in [0.1, 0.15) is 17.2 Å². The molecule has 2 aromatic rings. The topological polar surface area (TPSA) is 26.3 Å². The number of ketones is 1. The van der Waals surface area contributed by atoms with Crippen molar-refractivity contribution in [2.75, 3.05) is 0 Å². The van der Waals surface area contributed by atoms with Gasteiger partial charge < -0.3 is 4.74 Å². The van der Waals surface area contributed by atoms with Crippen molar-refractivity contribution in [1.82, 2.24) is 0 Å². The summed E-state index contributed by atoms with van der Waals surface area (Å²) in [6.45, 7) is 3.98. The largest absolute Gasteiger partial charge is 0.487 e. The van der Waals surface area contributed by atoms with Crippen molar-refractivity contribution >= 4 is 17.4 Å². The predicted octanol–water partition coefficient (Wildman–Crippen LogP) is 4.42. The highest BCUT2D eigenvalue weighted by Crippen LogP contribution is 2.36. The Kier molecular flexibility index (Phi) is 3.25. The number of fused-ring (bicyclic) bond motifs is 1. The van der Waals surface area contributed by atoms with Gasteiger partial charge in [-0.25, -0.2) is 4.39 Å². The summed E-state index contributed by atoms with van der Waals surface area (Å²) in [5.41, 5.74) is 1.01. The van der Waals surface area contributed by atoms with Crippen molar-refractivity contribution in [2.24, 2.45) is 0 Å². The first-order valence-corrected chi connectivity index (χ1v) is 7.06. The Morgan fingerprint density at radius 2 is 2.05 bits per heavy atom. The van der Waals surface area contributed by atoms with Crippen molar-refractivity contribution < 1.29 is 13.9 Å². The van der Waals surface area contributed by atoms with E-state index in [0.717, 1.165) is 11.3 Å². The smallest absolute Gasteiger partial charge is 0.197 e. The lowest BCUT2D eigenvalue weighted by Gasteiger charge is -2.16. The van der Waals surface area contributed by atoms with Gasteiger partial charge in [0.15, 0.2) is 5.78 Å². The molecule has 0 aliphatic carbocycles. The van der Waals surface area contributed by atoms with Crippen LogP contribution in [0, 0.1) is 5.82 Å². The summed E-state index contributed by atoms with van der Waals surface area (Å²) in [5, 5.41) is 0.122. The molecule has 0 unspecified atom stereocenters. The molecule has 2 aromatic carbocycles. The minimum absolute atomic E-state index is 0.0858. The molecule has 4 heteroatoms. The molecular formula is C17H14ClFO2. The first kappa shape index (κ1) is 14.1. The molecule has 1 aliphatic heterocycles. The van der Waals surface area contributed by atoms with Crippen LogP contribution in [-0.4, -0.2) is 11.4 Å². The van der Waals surface area contributed by atoms with E-state index >= 15 is 0 Å². The second-order valence-electron chi connectivity index (χ2n) is 5.79. The van der Waals surface area contributed by atoms with Crippen LogP contribution in [0.2, 0.25) is 5.02 Å². The Bertz CT molecular complexity index is 717. The maximum Gasteiger partial charge on any atom is 0.197 e. The first-order valence-electron chi connectivity index (χ1n) is 6.68. The highest BCUT2D eigenvalue weighted by Gasteiger charge is 2.30. The van der Waals surface area contributed by atoms with E-state index in [1.54, 1.807) is 18.2 Å². The zero-order valence-electron chi connectivity index (χ0n) is 11.7. The van der Waals surface area contributed by atoms with Gasteiger partial charge in [-0.2, -0.15) is 0 Å². The van der Waals surface area contributed by atoms with Crippen LogP contribution in [0.5, 0.6) is 5.75 Å². The molecule has 0 radical (unpaired) electrons. The molecule has 0 bridgehead atoms. The van der Waals surface area contributed by atoms with Crippen LogP contribution in [0.3, 0.4) is 0 Å². The monoisotopic (exact) mass is 304 g/mol. The van der Waals surface area contributed by atoms with Gasteiger partial charge in [-0.15, -0.1) is 0 Å². The molecular weight excluding hydrogens is 291 g/mol. The molecule has 0 aromatic heterocycles. The van der Waals surface area contributed by atoms with E-state index in [4.69, 9.17) is 16.3 Å². The van der Waals surface area contributed by atoms with Crippen LogP contribution in [0.1, 0.15) is 35.3 Å². The number of benzene rings is 2. The van der Waals surface area contributed by atoms with E-state index in [1.165, 1.54) is 18.2 Å². The number of ether oxygens (including phenoxy) is 1. The van der Waals surface area contributed by atoms with E-state index in [0.29, 0.717) is 12.0 Å². The predicted molar refractivity (Wildman–Crippen MR) is 79.7 cm³/mol. The standard InChI is InChI=1S/C17H14ClFO2/c1-17(2)9-11-8-10(6-7-14(11)21-17)16(20)15-12(18)4-3-5-13(15)19/h3-8H,9H2,1-2H3. The molecule has 0 atom stereocenters. The van der Waals surface area contributed by atoms with Crippen LogP contribution in [-0.2, 0) is 6.42 Å². The first-order chi connectivity index (χ1) is 9.87. The van der Waals surface area contributed by atoms with Crippen molar-refractivity contribution in [3.63, 3.8) is 0 Å². The van der Waals surface area contributed by atoms with Crippen molar-refractivity contribution in [2.45, 2.75) is 25.9 Å². The quantitative estimate of drug-likeness (QED) is 0.768. The minimum atomic E-state index is -0.607. The third-order valence-corrected chi connectivity index (χ3v) is 3.83. The fraction of sp³-hybridized carbons (Fsp3) is 0.235. The average Bonchev–Trinajstić information content (AvgIpc) is 2.70. The van der Waals surface area contributed by atoms with Gasteiger partial charge >= 0.3 is 0 Å². The Morgan fingerprint density at radius 1 is 1.29 bits per heavy atom. The van der Waals surface area contributed by atoms with E-state index in [9.17, 15) is 9.18 Å². The van der Waals surface area contributed by atoms with Gasteiger partial charge in [0, 0.05) is 12.0 Å². The number of halogens is 2. The average molecular weight is 305 g/mol. The Labute approximate surface area is 127 Å². The van der Waals surface area contributed by atoms with E-state index < -0.39 is 11.6 Å².